The Morgan fingerprint density at radius 3 is 1.46 bits per heavy atom. The Balaban J connectivity index is 0.519. The van der Waals surface area contributed by atoms with Gasteiger partial charge in [0.15, 0.2) is 12.4 Å². The number of para-hydroxylation sites is 2. The largest absolute Gasteiger partial charge is 0.485 e. The van der Waals surface area contributed by atoms with Crippen molar-refractivity contribution in [1.82, 2.24) is 0 Å². The Hall–Kier alpha value is -5.58. The lowest BCUT2D eigenvalue weighted by Gasteiger charge is -2.37. The van der Waals surface area contributed by atoms with Gasteiger partial charge in [0, 0.05) is 121 Å². The SMILES string of the molecule is CC(CCCCC(=O)CCCCC[n+]1ccc2c3c(cccc31)OC1CCN3C(=C21)Sc1ccccc13)CCCCC(=O)CCCCC[n+]1ccc2c3c(cccc31)OC1CCN3C(=C21)Sc1ccccc13. The van der Waals surface area contributed by atoms with Crippen LogP contribution in [-0.4, -0.2) is 36.9 Å². The number of hydrogen-bond acceptors (Lipinski definition) is 8. The molecule has 0 saturated heterocycles. The second-order valence-electron chi connectivity index (χ2n) is 21.1. The minimum Gasteiger partial charge on any atom is -0.485 e. The zero-order valence-corrected chi connectivity index (χ0v) is 43.6. The van der Waals surface area contributed by atoms with Crippen LogP contribution in [-0.2, 0) is 22.7 Å². The first kappa shape index (κ1) is 47.4. The van der Waals surface area contributed by atoms with Gasteiger partial charge in [-0.25, -0.2) is 0 Å². The molecule has 72 heavy (non-hydrogen) atoms. The van der Waals surface area contributed by atoms with E-state index in [9.17, 15) is 9.59 Å². The summed E-state index contributed by atoms with van der Waals surface area (Å²) in [6.07, 6.45) is 22.1. The number of rotatable bonds is 22. The number of thioether (sulfide) groups is 2. The van der Waals surface area contributed by atoms with E-state index in [0.29, 0.717) is 43.2 Å². The molecule has 0 N–H and O–H groups in total. The zero-order valence-electron chi connectivity index (χ0n) is 41.9. The van der Waals surface area contributed by atoms with Crippen molar-refractivity contribution in [1.29, 1.82) is 0 Å². The van der Waals surface area contributed by atoms with Crippen molar-refractivity contribution in [2.75, 3.05) is 22.9 Å². The predicted molar refractivity (Wildman–Crippen MR) is 293 cm³/mol. The molecule has 10 heteroatoms. The summed E-state index contributed by atoms with van der Waals surface area (Å²) in [6.45, 7) is 6.16. The quantitative estimate of drug-likeness (QED) is 0.0492. The molecule has 0 aliphatic carbocycles. The minimum absolute atomic E-state index is 0.0861. The predicted octanol–water partition coefficient (Wildman–Crippen LogP) is 14.2. The van der Waals surface area contributed by atoms with Gasteiger partial charge >= 0.3 is 0 Å². The molecule has 0 bridgehead atoms. The molecule has 370 valence electrons. The highest BCUT2D eigenvalue weighted by molar-refractivity contribution is 8.04. The Kier molecular flexibility index (Phi) is 13.9. The lowest BCUT2D eigenvalue weighted by Crippen LogP contribution is -2.38. The highest BCUT2D eigenvalue weighted by Gasteiger charge is 2.42. The molecule has 0 radical (unpaired) electrons. The van der Waals surface area contributed by atoms with Crippen molar-refractivity contribution in [2.24, 2.45) is 5.92 Å². The van der Waals surface area contributed by atoms with Gasteiger partial charge in [-0.15, -0.1) is 0 Å². The molecular weight excluding hydrogens is 929 g/mol. The van der Waals surface area contributed by atoms with E-state index < -0.39 is 0 Å². The number of pyridine rings is 2. The first-order valence-corrected chi connectivity index (χ1v) is 28.9. The van der Waals surface area contributed by atoms with Crippen molar-refractivity contribution in [2.45, 2.75) is 158 Å². The maximum Gasteiger partial charge on any atom is 0.216 e. The highest BCUT2D eigenvalue weighted by atomic mass is 32.2. The average molecular weight is 997 g/mol. The zero-order chi connectivity index (χ0) is 48.5. The van der Waals surface area contributed by atoms with Crippen LogP contribution in [0.1, 0.15) is 134 Å². The van der Waals surface area contributed by atoms with Crippen LogP contribution in [0.5, 0.6) is 11.5 Å². The van der Waals surface area contributed by atoms with Gasteiger partial charge in [0.05, 0.1) is 32.2 Å². The highest BCUT2D eigenvalue weighted by Crippen LogP contribution is 2.56. The van der Waals surface area contributed by atoms with E-state index in [1.807, 2.05) is 23.5 Å². The number of carbonyl (C=O) groups is 2. The fraction of sp³-hybridized carbons (Fsp3) is 0.419. The second-order valence-corrected chi connectivity index (χ2v) is 23.2. The van der Waals surface area contributed by atoms with E-state index in [1.54, 1.807) is 0 Å². The Bertz CT molecular complexity index is 2920. The van der Waals surface area contributed by atoms with Crippen LogP contribution >= 0.6 is 23.5 Å². The van der Waals surface area contributed by atoms with Crippen LogP contribution in [0.25, 0.3) is 33.0 Å². The molecule has 8 nitrogen and oxygen atoms in total. The summed E-state index contributed by atoms with van der Waals surface area (Å²) in [5, 5.41) is 5.11. The lowest BCUT2D eigenvalue weighted by molar-refractivity contribution is -0.672. The van der Waals surface area contributed by atoms with Crippen molar-refractivity contribution < 1.29 is 28.2 Å². The molecule has 6 aromatic rings. The molecule has 12 rings (SSSR count). The van der Waals surface area contributed by atoms with Crippen LogP contribution in [0, 0.1) is 5.92 Å². The van der Waals surface area contributed by atoms with Gasteiger partial charge in [-0.05, 0) is 80.8 Å². The maximum absolute atomic E-state index is 12.8. The summed E-state index contributed by atoms with van der Waals surface area (Å²) < 4.78 is 18.2. The van der Waals surface area contributed by atoms with E-state index in [0.717, 1.165) is 128 Å². The van der Waals surface area contributed by atoms with Crippen LogP contribution in [0.15, 0.2) is 129 Å². The number of hydrogen-bond donors (Lipinski definition) is 0. The topological polar surface area (TPSA) is 66.8 Å². The van der Waals surface area contributed by atoms with Crippen LogP contribution < -0.4 is 28.4 Å². The number of unbranched alkanes of at least 4 members (excludes halogenated alkanes) is 6. The molecule has 2 atom stereocenters. The van der Waals surface area contributed by atoms with E-state index >= 15 is 0 Å². The molecule has 6 aliphatic rings. The minimum atomic E-state index is 0.0861. The van der Waals surface area contributed by atoms with Gasteiger partial charge in [-0.3, -0.25) is 9.59 Å². The summed E-state index contributed by atoms with van der Waals surface area (Å²) in [7, 11) is 0. The van der Waals surface area contributed by atoms with Crippen molar-refractivity contribution in [3.05, 3.63) is 131 Å². The van der Waals surface area contributed by atoms with Crippen molar-refractivity contribution in [3.63, 3.8) is 0 Å². The second kappa shape index (κ2) is 21.1. The van der Waals surface area contributed by atoms with Gasteiger partial charge in [0.2, 0.25) is 11.0 Å². The third-order valence-electron chi connectivity index (χ3n) is 16.2. The number of Topliss-reactive ketones (excluding diaryl/α,β-unsaturated/α-hetero) is 2. The third kappa shape index (κ3) is 9.36. The molecule has 2 aromatic heterocycles. The molecule has 0 fully saturated rings. The molecule has 0 spiro atoms. The summed E-state index contributed by atoms with van der Waals surface area (Å²) in [6, 6.07) is 35.1. The Labute approximate surface area is 433 Å². The van der Waals surface area contributed by atoms with E-state index in [1.165, 1.54) is 75.3 Å². The summed E-state index contributed by atoms with van der Waals surface area (Å²) >= 11 is 3.77. The number of anilines is 2. The van der Waals surface area contributed by atoms with Gasteiger partial charge < -0.3 is 19.3 Å². The van der Waals surface area contributed by atoms with Crippen molar-refractivity contribution in [3.8, 4) is 11.5 Å². The summed E-state index contributed by atoms with van der Waals surface area (Å²) in [5.74, 6) is 3.47. The van der Waals surface area contributed by atoms with Crippen LogP contribution in [0.2, 0.25) is 0 Å². The van der Waals surface area contributed by atoms with Gasteiger partial charge in [-0.2, -0.15) is 9.13 Å². The number of benzene rings is 4. The molecular formula is C62H68N4O4S2+2. The van der Waals surface area contributed by atoms with Crippen LogP contribution in [0.3, 0.4) is 0 Å². The summed E-state index contributed by atoms with van der Waals surface area (Å²) in [5.41, 5.74) is 10.4. The molecule has 2 unspecified atom stereocenters. The number of ether oxygens (including phenoxy) is 2. The first-order valence-electron chi connectivity index (χ1n) is 27.3. The number of nitrogens with zero attached hydrogens (tertiary/aromatic N) is 4. The molecule has 8 heterocycles. The summed E-state index contributed by atoms with van der Waals surface area (Å²) in [4.78, 5) is 33.3. The molecule has 4 aromatic carbocycles. The number of ketones is 2. The number of carbonyl (C=O) groups excluding carboxylic acids is 2. The maximum atomic E-state index is 12.8. The van der Waals surface area contributed by atoms with E-state index in [2.05, 4.69) is 135 Å². The fourth-order valence-electron chi connectivity index (χ4n) is 12.4. The number of fused-ring (bicyclic) bond motifs is 10. The smallest absolute Gasteiger partial charge is 0.216 e. The molecule has 0 saturated carbocycles. The normalized spacial score (nSPS) is 18.3. The van der Waals surface area contributed by atoms with Crippen LogP contribution in [0.4, 0.5) is 11.4 Å². The Morgan fingerprint density at radius 2 is 0.986 bits per heavy atom. The van der Waals surface area contributed by atoms with Crippen molar-refractivity contribution >= 4 is 79.4 Å². The Morgan fingerprint density at radius 1 is 0.542 bits per heavy atom. The lowest BCUT2D eigenvalue weighted by atomic mass is 9.90. The standard InChI is InChI=1S/C62H68N4O4S2/c1-42(18-6-8-22-43(67)20-4-2-14-36-63-38-32-45-57-49(63)26-16-28-51(57)69-53-34-40-65-47-24-10-12-30-55(47)71-61(65)59(45)53)19-7-9-23-44(68)21-5-3-15-37-64-39-33-46-58-50(64)27-17-29-52(58)70-54-35-41-66-48-25-11-13-31-56(48)72-62(66)60(46)54/h10-13,16-17,24-33,38-39,42,53-54H,2-9,14-15,18-23,34-37,40-41H2,1H3/q+2. The fourth-order valence-corrected chi connectivity index (χ4v) is 15.0. The third-order valence-corrected chi connectivity index (χ3v) is 18.6. The van der Waals surface area contributed by atoms with Gasteiger partial charge in [-0.1, -0.05) is 92.5 Å². The first-order chi connectivity index (χ1) is 35.5. The van der Waals surface area contributed by atoms with Gasteiger partial charge in [0.25, 0.3) is 0 Å². The molecule has 6 aliphatic heterocycles. The van der Waals surface area contributed by atoms with Gasteiger partial charge in [0.1, 0.15) is 48.4 Å². The monoisotopic (exact) mass is 996 g/mol. The number of aromatic nitrogens is 2. The molecule has 0 amide bonds. The van der Waals surface area contributed by atoms with E-state index in [4.69, 9.17) is 9.47 Å². The number of aryl methyl sites for hydroxylation is 2. The average Bonchev–Trinajstić information content (AvgIpc) is 3.98. The van der Waals surface area contributed by atoms with E-state index in [-0.39, 0.29) is 12.2 Å².